The van der Waals surface area contributed by atoms with E-state index in [4.69, 9.17) is 15.2 Å². The number of benzene rings is 1. The summed E-state index contributed by atoms with van der Waals surface area (Å²) in [6.07, 6.45) is 4.18. The fraction of sp³-hybridized carbons (Fsp3) is 0.474. The van der Waals surface area contributed by atoms with E-state index >= 15 is 0 Å². The molecule has 25 heavy (non-hydrogen) atoms. The number of carbonyl (C=O) groups is 1. The molecule has 0 aliphatic carbocycles. The summed E-state index contributed by atoms with van der Waals surface area (Å²) in [4.78, 5) is 16.5. The third-order valence-corrected chi connectivity index (χ3v) is 4.55. The van der Waals surface area contributed by atoms with Crippen molar-refractivity contribution < 1.29 is 14.3 Å². The first-order valence-electron chi connectivity index (χ1n) is 8.83. The maximum Gasteiger partial charge on any atom is 0.237 e. The topological polar surface area (TPSA) is 86.5 Å². The molecule has 1 atom stereocenters. The van der Waals surface area contributed by atoms with Gasteiger partial charge in [-0.3, -0.25) is 9.78 Å². The first-order chi connectivity index (χ1) is 12.3. The van der Waals surface area contributed by atoms with Crippen LogP contribution in [0.4, 0.5) is 0 Å². The van der Waals surface area contributed by atoms with Crippen molar-refractivity contribution in [2.24, 2.45) is 11.7 Å². The molecule has 2 aromatic rings. The van der Waals surface area contributed by atoms with Crippen molar-refractivity contribution in [3.8, 4) is 5.75 Å². The van der Waals surface area contributed by atoms with Crippen LogP contribution in [0.2, 0.25) is 0 Å². The van der Waals surface area contributed by atoms with Crippen LogP contribution in [-0.4, -0.2) is 43.3 Å². The number of nitrogens with zero attached hydrogens (tertiary/aromatic N) is 1. The highest BCUT2D eigenvalue weighted by molar-refractivity contribution is 5.84. The smallest absolute Gasteiger partial charge is 0.237 e. The van der Waals surface area contributed by atoms with Gasteiger partial charge in [-0.25, -0.2) is 0 Å². The first-order valence-corrected chi connectivity index (χ1v) is 8.83. The number of pyridine rings is 1. The number of aromatic nitrogens is 1. The predicted molar refractivity (Wildman–Crippen MR) is 96.4 cm³/mol. The number of nitrogens with two attached hydrogens (primary N) is 1. The molecular weight excluding hydrogens is 318 g/mol. The first kappa shape index (κ1) is 17.6. The third-order valence-electron chi connectivity index (χ3n) is 4.55. The van der Waals surface area contributed by atoms with Gasteiger partial charge in [0.2, 0.25) is 5.91 Å². The highest BCUT2D eigenvalue weighted by Crippen LogP contribution is 2.23. The Hall–Kier alpha value is -2.18. The molecule has 1 aromatic carbocycles. The summed E-state index contributed by atoms with van der Waals surface area (Å²) < 4.78 is 11.1. The number of para-hydroxylation sites is 1. The van der Waals surface area contributed by atoms with E-state index in [0.717, 1.165) is 35.9 Å². The van der Waals surface area contributed by atoms with Crippen molar-refractivity contribution >= 4 is 16.8 Å². The molecule has 1 aliphatic heterocycles. The molecule has 1 saturated heterocycles. The summed E-state index contributed by atoms with van der Waals surface area (Å²) in [7, 11) is 0. The van der Waals surface area contributed by atoms with Crippen LogP contribution >= 0.6 is 0 Å². The molecule has 1 amide bonds. The van der Waals surface area contributed by atoms with Crippen LogP contribution in [0, 0.1) is 5.92 Å². The summed E-state index contributed by atoms with van der Waals surface area (Å²) in [5.74, 6) is 0.897. The molecule has 2 heterocycles. The van der Waals surface area contributed by atoms with E-state index in [1.54, 1.807) is 6.20 Å². The van der Waals surface area contributed by atoms with Gasteiger partial charge in [-0.2, -0.15) is 0 Å². The van der Waals surface area contributed by atoms with Crippen molar-refractivity contribution in [2.45, 2.75) is 25.3 Å². The Morgan fingerprint density at radius 1 is 1.32 bits per heavy atom. The molecule has 0 spiro atoms. The number of amides is 1. The van der Waals surface area contributed by atoms with E-state index in [-0.39, 0.29) is 11.8 Å². The third kappa shape index (κ3) is 4.67. The molecule has 0 saturated carbocycles. The van der Waals surface area contributed by atoms with Gasteiger partial charge in [0.15, 0.2) is 0 Å². The number of carbonyl (C=O) groups excluding carboxylic acids is 1. The Morgan fingerprint density at radius 2 is 2.12 bits per heavy atom. The molecule has 0 radical (unpaired) electrons. The number of hydrogen-bond acceptors (Lipinski definition) is 5. The molecule has 3 rings (SSSR count). The number of rotatable bonds is 7. The number of ether oxygens (including phenoxy) is 2. The monoisotopic (exact) mass is 343 g/mol. The zero-order valence-electron chi connectivity index (χ0n) is 14.3. The standard InChI is InChI=1S/C19H25N3O3/c20-17(14-7-12-24-13-8-14)19(23)22-10-3-11-25-16-6-1-4-15-5-2-9-21-18(15)16/h1-2,4-6,9,14,17H,3,7-8,10-13,20H2,(H,22,23). The van der Waals surface area contributed by atoms with Gasteiger partial charge in [-0.05, 0) is 37.3 Å². The minimum Gasteiger partial charge on any atom is -0.491 e. The Kier molecular flexibility index (Phi) is 6.19. The largest absolute Gasteiger partial charge is 0.491 e. The maximum absolute atomic E-state index is 12.1. The number of fused-ring (bicyclic) bond motifs is 1. The van der Waals surface area contributed by atoms with Gasteiger partial charge in [-0.1, -0.05) is 18.2 Å². The van der Waals surface area contributed by atoms with E-state index in [1.807, 2.05) is 30.3 Å². The molecule has 1 unspecified atom stereocenters. The van der Waals surface area contributed by atoms with E-state index in [2.05, 4.69) is 10.3 Å². The van der Waals surface area contributed by atoms with Crippen molar-refractivity contribution in [3.63, 3.8) is 0 Å². The fourth-order valence-corrected chi connectivity index (χ4v) is 3.07. The van der Waals surface area contributed by atoms with Gasteiger partial charge in [0, 0.05) is 31.3 Å². The van der Waals surface area contributed by atoms with E-state index in [9.17, 15) is 4.79 Å². The average molecular weight is 343 g/mol. The predicted octanol–water partition coefficient (Wildman–Crippen LogP) is 1.87. The van der Waals surface area contributed by atoms with Crippen molar-refractivity contribution in [3.05, 3.63) is 36.5 Å². The van der Waals surface area contributed by atoms with Crippen LogP contribution in [0.1, 0.15) is 19.3 Å². The van der Waals surface area contributed by atoms with Crippen molar-refractivity contribution in [1.82, 2.24) is 10.3 Å². The van der Waals surface area contributed by atoms with Gasteiger partial charge < -0.3 is 20.5 Å². The Labute approximate surface area is 147 Å². The number of hydrogen-bond donors (Lipinski definition) is 2. The molecule has 6 heteroatoms. The van der Waals surface area contributed by atoms with Crippen molar-refractivity contribution in [1.29, 1.82) is 0 Å². The Bertz CT molecular complexity index is 696. The molecule has 0 bridgehead atoms. The molecule has 134 valence electrons. The van der Waals surface area contributed by atoms with Crippen LogP contribution in [-0.2, 0) is 9.53 Å². The van der Waals surface area contributed by atoms with Crippen molar-refractivity contribution in [2.75, 3.05) is 26.4 Å². The maximum atomic E-state index is 12.1. The van der Waals surface area contributed by atoms with Crippen LogP contribution in [0.25, 0.3) is 10.9 Å². The van der Waals surface area contributed by atoms with E-state index in [1.165, 1.54) is 0 Å². The summed E-state index contributed by atoms with van der Waals surface area (Å²) in [5, 5.41) is 3.95. The lowest BCUT2D eigenvalue weighted by molar-refractivity contribution is -0.124. The van der Waals surface area contributed by atoms with Crippen LogP contribution < -0.4 is 15.8 Å². The second-order valence-corrected chi connectivity index (χ2v) is 6.30. The highest BCUT2D eigenvalue weighted by atomic mass is 16.5. The van der Waals surface area contributed by atoms with Gasteiger partial charge in [0.25, 0.3) is 0 Å². The minimum absolute atomic E-state index is 0.0845. The van der Waals surface area contributed by atoms with Gasteiger partial charge in [-0.15, -0.1) is 0 Å². The zero-order valence-corrected chi connectivity index (χ0v) is 14.3. The average Bonchev–Trinajstić information content (AvgIpc) is 2.67. The minimum atomic E-state index is -0.452. The quantitative estimate of drug-likeness (QED) is 0.750. The lowest BCUT2D eigenvalue weighted by Gasteiger charge is -2.26. The van der Waals surface area contributed by atoms with E-state index in [0.29, 0.717) is 26.4 Å². The summed E-state index contributed by atoms with van der Waals surface area (Å²) in [6, 6.07) is 9.33. The second kappa shape index (κ2) is 8.78. The molecule has 1 aromatic heterocycles. The Morgan fingerprint density at radius 3 is 2.96 bits per heavy atom. The van der Waals surface area contributed by atoms with Gasteiger partial charge >= 0.3 is 0 Å². The Balaban J connectivity index is 1.40. The zero-order chi connectivity index (χ0) is 17.5. The van der Waals surface area contributed by atoms with Crippen LogP contribution in [0.15, 0.2) is 36.5 Å². The normalized spacial score (nSPS) is 16.5. The van der Waals surface area contributed by atoms with Crippen LogP contribution in [0.5, 0.6) is 5.75 Å². The lowest BCUT2D eigenvalue weighted by Crippen LogP contribution is -2.47. The summed E-state index contributed by atoms with van der Waals surface area (Å²) >= 11 is 0. The molecule has 3 N–H and O–H groups in total. The van der Waals surface area contributed by atoms with Gasteiger partial charge in [0.05, 0.1) is 12.6 Å². The molecule has 6 nitrogen and oxygen atoms in total. The lowest BCUT2D eigenvalue weighted by atomic mass is 9.92. The summed E-state index contributed by atoms with van der Waals surface area (Å²) in [6.45, 7) is 2.45. The highest BCUT2D eigenvalue weighted by Gasteiger charge is 2.26. The fourth-order valence-electron chi connectivity index (χ4n) is 3.07. The molecular formula is C19H25N3O3. The summed E-state index contributed by atoms with van der Waals surface area (Å²) in [5.41, 5.74) is 6.91. The second-order valence-electron chi connectivity index (χ2n) is 6.30. The van der Waals surface area contributed by atoms with E-state index < -0.39 is 6.04 Å². The number of nitrogens with one attached hydrogen (secondary N) is 1. The SMILES string of the molecule is NC(C(=O)NCCCOc1cccc2cccnc12)C1CCOCC1. The molecule has 1 fully saturated rings. The molecule has 1 aliphatic rings. The van der Waals surface area contributed by atoms with Crippen LogP contribution in [0.3, 0.4) is 0 Å². The van der Waals surface area contributed by atoms with Gasteiger partial charge in [0.1, 0.15) is 11.3 Å².